The largest absolute Gasteiger partial charge is 0.465 e. The van der Waals surface area contributed by atoms with Crippen molar-refractivity contribution in [1.82, 2.24) is 9.80 Å². The van der Waals surface area contributed by atoms with Crippen LogP contribution in [0.2, 0.25) is 0 Å². The van der Waals surface area contributed by atoms with Crippen LogP contribution in [0.4, 0.5) is 9.39 Å². The number of hydrogen-bond acceptors (Lipinski definition) is 6. The molecule has 1 aliphatic heterocycles. The van der Waals surface area contributed by atoms with E-state index in [1.807, 2.05) is 0 Å². The number of hydrogen-bond donors (Lipinski definition) is 1. The van der Waals surface area contributed by atoms with E-state index in [-0.39, 0.29) is 23.8 Å². The van der Waals surface area contributed by atoms with Crippen molar-refractivity contribution < 1.29 is 18.7 Å². The summed E-state index contributed by atoms with van der Waals surface area (Å²) in [5.74, 6) is -1.07. The van der Waals surface area contributed by atoms with Gasteiger partial charge >= 0.3 is 5.97 Å². The zero-order valence-corrected chi connectivity index (χ0v) is 20.2. The number of carbonyl (C=O) groups excluding carboxylic acids is 2. The molecular formula is C26H28FN3O3S. The van der Waals surface area contributed by atoms with Crippen LogP contribution in [0.1, 0.15) is 21.5 Å². The van der Waals surface area contributed by atoms with Crippen molar-refractivity contribution in [3.63, 3.8) is 0 Å². The first kappa shape index (κ1) is 24.1. The molecule has 1 saturated heterocycles. The quantitative estimate of drug-likeness (QED) is 0.507. The molecule has 2 aromatic carbocycles. The van der Waals surface area contributed by atoms with Crippen molar-refractivity contribution in [1.29, 1.82) is 0 Å². The number of ether oxygens (including phenoxy) is 1. The van der Waals surface area contributed by atoms with Crippen LogP contribution in [-0.4, -0.2) is 61.5 Å². The molecule has 0 unspecified atom stereocenters. The van der Waals surface area contributed by atoms with Gasteiger partial charge in [0.2, 0.25) is 5.91 Å². The third-order valence-electron chi connectivity index (χ3n) is 6.08. The van der Waals surface area contributed by atoms with Crippen LogP contribution in [-0.2, 0) is 16.1 Å². The molecule has 0 spiro atoms. The van der Waals surface area contributed by atoms with E-state index in [4.69, 9.17) is 4.74 Å². The lowest BCUT2D eigenvalue weighted by Crippen LogP contribution is -2.48. The second-order valence-electron chi connectivity index (χ2n) is 8.38. The molecule has 1 fully saturated rings. The average Bonchev–Trinajstić information content (AvgIpc) is 3.25. The van der Waals surface area contributed by atoms with Gasteiger partial charge in [0.15, 0.2) is 0 Å². The van der Waals surface area contributed by atoms with Gasteiger partial charge in [0, 0.05) is 43.7 Å². The molecule has 6 nitrogen and oxygen atoms in total. The molecular weight excluding hydrogens is 453 g/mol. The molecule has 3 aromatic rings. The fraction of sp³-hybridized carbons (Fsp3) is 0.308. The van der Waals surface area contributed by atoms with Gasteiger partial charge in [-0.05, 0) is 35.7 Å². The molecule has 0 saturated carbocycles. The Morgan fingerprint density at radius 1 is 1.03 bits per heavy atom. The van der Waals surface area contributed by atoms with E-state index in [1.54, 1.807) is 17.5 Å². The van der Waals surface area contributed by atoms with E-state index in [9.17, 15) is 14.0 Å². The highest BCUT2D eigenvalue weighted by molar-refractivity contribution is 7.15. The number of amides is 1. The van der Waals surface area contributed by atoms with E-state index < -0.39 is 5.97 Å². The number of aryl methyl sites for hydroxylation is 1. The van der Waals surface area contributed by atoms with Crippen molar-refractivity contribution >= 4 is 28.2 Å². The van der Waals surface area contributed by atoms with Crippen LogP contribution in [0.25, 0.3) is 11.1 Å². The number of rotatable bonds is 7. The number of anilines is 1. The van der Waals surface area contributed by atoms with E-state index in [2.05, 4.69) is 46.3 Å². The number of benzene rings is 2. The smallest absolute Gasteiger partial charge is 0.341 e. The second kappa shape index (κ2) is 10.9. The summed E-state index contributed by atoms with van der Waals surface area (Å²) < 4.78 is 18.3. The maximum Gasteiger partial charge on any atom is 0.341 e. The van der Waals surface area contributed by atoms with Crippen LogP contribution >= 0.6 is 11.3 Å². The number of halogens is 1. The topological polar surface area (TPSA) is 61.9 Å². The molecule has 4 rings (SSSR count). The SMILES string of the molecule is COC(=O)c1c(-c2ccc(F)cc2)csc1NC(=O)CN1CCN(Cc2ccccc2C)CC1. The van der Waals surface area contributed by atoms with Gasteiger partial charge in [-0.3, -0.25) is 14.6 Å². The summed E-state index contributed by atoms with van der Waals surface area (Å²) in [5.41, 5.74) is 4.20. The second-order valence-corrected chi connectivity index (χ2v) is 9.26. The summed E-state index contributed by atoms with van der Waals surface area (Å²) in [6.45, 7) is 6.68. The molecule has 0 radical (unpaired) electrons. The van der Waals surface area contributed by atoms with Gasteiger partial charge in [0.1, 0.15) is 16.4 Å². The monoisotopic (exact) mass is 481 g/mol. The first-order valence-corrected chi connectivity index (χ1v) is 12.1. The number of thiophene rings is 1. The minimum Gasteiger partial charge on any atom is -0.465 e. The van der Waals surface area contributed by atoms with Crippen molar-refractivity contribution in [3.05, 3.63) is 76.4 Å². The predicted molar refractivity (Wildman–Crippen MR) is 133 cm³/mol. The molecule has 1 aromatic heterocycles. The molecule has 8 heteroatoms. The average molecular weight is 482 g/mol. The number of piperazine rings is 1. The Morgan fingerprint density at radius 3 is 2.38 bits per heavy atom. The molecule has 0 aliphatic carbocycles. The zero-order valence-electron chi connectivity index (χ0n) is 19.3. The van der Waals surface area contributed by atoms with Crippen molar-refractivity contribution in [2.45, 2.75) is 13.5 Å². The van der Waals surface area contributed by atoms with Gasteiger partial charge in [-0.15, -0.1) is 11.3 Å². The maximum atomic E-state index is 13.3. The maximum absolute atomic E-state index is 13.3. The van der Waals surface area contributed by atoms with Crippen LogP contribution in [0.5, 0.6) is 0 Å². The van der Waals surface area contributed by atoms with Crippen LogP contribution in [0.3, 0.4) is 0 Å². The lowest BCUT2D eigenvalue weighted by atomic mass is 10.0. The summed E-state index contributed by atoms with van der Waals surface area (Å²) in [7, 11) is 1.30. The molecule has 1 N–H and O–H groups in total. The number of nitrogens with one attached hydrogen (secondary N) is 1. The minimum atomic E-state index is -0.541. The Morgan fingerprint density at radius 2 is 1.71 bits per heavy atom. The molecule has 1 amide bonds. The predicted octanol–water partition coefficient (Wildman–Crippen LogP) is 4.41. The fourth-order valence-corrected chi connectivity index (χ4v) is 5.07. The van der Waals surface area contributed by atoms with Crippen molar-refractivity contribution in [2.24, 2.45) is 0 Å². The van der Waals surface area contributed by atoms with Gasteiger partial charge in [-0.1, -0.05) is 36.4 Å². The standard InChI is InChI=1S/C26H28FN3O3S/c1-18-5-3-4-6-20(18)15-29-11-13-30(14-12-29)16-23(31)28-25-24(26(32)33-2)22(17-34-25)19-7-9-21(27)10-8-19/h3-10,17H,11-16H2,1-2H3,(H,28,31). The Hall–Kier alpha value is -3.07. The van der Waals surface area contributed by atoms with Gasteiger partial charge in [0.05, 0.1) is 13.7 Å². The fourth-order valence-electron chi connectivity index (χ4n) is 4.10. The Bertz CT molecular complexity index is 1150. The Balaban J connectivity index is 1.36. The number of methoxy groups -OCH3 is 1. The highest BCUT2D eigenvalue weighted by atomic mass is 32.1. The minimum absolute atomic E-state index is 0.176. The van der Waals surface area contributed by atoms with Gasteiger partial charge in [0.25, 0.3) is 0 Å². The molecule has 1 aliphatic rings. The molecule has 2 heterocycles. The summed E-state index contributed by atoms with van der Waals surface area (Å²) in [6, 6.07) is 14.3. The van der Waals surface area contributed by atoms with E-state index >= 15 is 0 Å². The van der Waals surface area contributed by atoms with Crippen LogP contribution in [0.15, 0.2) is 53.9 Å². The Kier molecular flexibility index (Phi) is 7.72. The number of nitrogens with zero attached hydrogens (tertiary/aromatic N) is 2. The highest BCUT2D eigenvalue weighted by Crippen LogP contribution is 2.36. The molecule has 0 atom stereocenters. The number of carbonyl (C=O) groups is 2. The third kappa shape index (κ3) is 5.70. The third-order valence-corrected chi connectivity index (χ3v) is 6.97. The van der Waals surface area contributed by atoms with Crippen molar-refractivity contribution in [2.75, 3.05) is 45.2 Å². The zero-order chi connectivity index (χ0) is 24.1. The molecule has 178 valence electrons. The summed E-state index contributed by atoms with van der Waals surface area (Å²) in [4.78, 5) is 29.8. The van der Waals surface area contributed by atoms with E-state index in [0.29, 0.717) is 16.1 Å². The number of esters is 1. The first-order valence-electron chi connectivity index (χ1n) is 11.2. The van der Waals surface area contributed by atoms with Crippen LogP contribution in [0, 0.1) is 12.7 Å². The van der Waals surface area contributed by atoms with E-state index in [0.717, 1.165) is 32.7 Å². The molecule has 34 heavy (non-hydrogen) atoms. The van der Waals surface area contributed by atoms with Crippen molar-refractivity contribution in [3.8, 4) is 11.1 Å². The van der Waals surface area contributed by atoms with E-state index in [1.165, 1.54) is 41.7 Å². The normalized spacial score (nSPS) is 14.7. The summed E-state index contributed by atoms with van der Waals surface area (Å²) in [6.07, 6.45) is 0. The lowest BCUT2D eigenvalue weighted by molar-refractivity contribution is -0.117. The van der Waals surface area contributed by atoms with Crippen LogP contribution < -0.4 is 5.32 Å². The lowest BCUT2D eigenvalue weighted by Gasteiger charge is -2.34. The Labute approximate surface area is 203 Å². The van der Waals surface area contributed by atoms with Gasteiger partial charge < -0.3 is 10.1 Å². The first-order chi connectivity index (χ1) is 16.4. The highest BCUT2D eigenvalue weighted by Gasteiger charge is 2.24. The van der Waals surface area contributed by atoms with Gasteiger partial charge in [-0.25, -0.2) is 9.18 Å². The summed E-state index contributed by atoms with van der Waals surface area (Å²) >= 11 is 1.26. The summed E-state index contributed by atoms with van der Waals surface area (Å²) in [5, 5.41) is 5.10. The van der Waals surface area contributed by atoms with Gasteiger partial charge in [-0.2, -0.15) is 0 Å². The molecule has 0 bridgehead atoms.